The molecule has 3 N–H and O–H groups in total. The summed E-state index contributed by atoms with van der Waals surface area (Å²) in [7, 11) is -3.55. The van der Waals surface area contributed by atoms with E-state index in [1.54, 1.807) is 48.5 Å². The first-order valence-electron chi connectivity index (χ1n) is 9.25. The molecule has 0 aromatic heterocycles. The number of amides is 3. The van der Waals surface area contributed by atoms with Gasteiger partial charge in [0.05, 0.1) is 16.2 Å². The zero-order valence-electron chi connectivity index (χ0n) is 16.3. The van der Waals surface area contributed by atoms with Gasteiger partial charge >= 0.3 is 6.03 Å². The van der Waals surface area contributed by atoms with Crippen molar-refractivity contribution >= 4 is 38.8 Å². The maximum absolute atomic E-state index is 12.7. The minimum Gasteiger partial charge on any atom is -0.322 e. The fourth-order valence-electron chi connectivity index (χ4n) is 2.77. The molecule has 0 aliphatic rings. The molecule has 0 heterocycles. The summed E-state index contributed by atoms with van der Waals surface area (Å²) in [6, 6.07) is 21.2. The minimum absolute atomic E-state index is 0.0125. The van der Waals surface area contributed by atoms with Crippen molar-refractivity contribution < 1.29 is 18.0 Å². The molecule has 0 saturated heterocycles. The quantitative estimate of drug-likeness (QED) is 0.547. The molecule has 0 unspecified atom stereocenters. The molecule has 0 aliphatic heterocycles. The Kier molecular flexibility index (Phi) is 6.48. The van der Waals surface area contributed by atoms with Crippen LogP contribution in [0.5, 0.6) is 0 Å². The van der Waals surface area contributed by atoms with Gasteiger partial charge in [-0.05, 0) is 42.5 Å². The highest BCUT2D eigenvalue weighted by atomic mass is 32.2. The highest BCUT2D eigenvalue weighted by molar-refractivity contribution is 7.91. The van der Waals surface area contributed by atoms with E-state index in [1.807, 2.05) is 18.2 Å². The fraction of sp³-hybridized carbons (Fsp3) is 0.0909. The average Bonchev–Trinajstić information content (AvgIpc) is 2.74. The lowest BCUT2D eigenvalue weighted by atomic mass is 10.2. The van der Waals surface area contributed by atoms with Crippen LogP contribution in [0.4, 0.5) is 21.9 Å². The Morgan fingerprint density at radius 1 is 0.733 bits per heavy atom. The van der Waals surface area contributed by atoms with Crippen LogP contribution in [0.25, 0.3) is 0 Å². The fourth-order valence-corrected chi connectivity index (χ4v) is 3.86. The number of benzene rings is 3. The van der Waals surface area contributed by atoms with Gasteiger partial charge in [-0.1, -0.05) is 43.3 Å². The van der Waals surface area contributed by atoms with Crippen LogP contribution in [0.15, 0.2) is 83.8 Å². The average molecular weight is 423 g/mol. The molecule has 0 bridgehead atoms. The van der Waals surface area contributed by atoms with Crippen molar-refractivity contribution in [2.24, 2.45) is 0 Å². The van der Waals surface area contributed by atoms with Crippen LogP contribution < -0.4 is 16.0 Å². The summed E-state index contributed by atoms with van der Waals surface area (Å²) in [6.45, 7) is 1.53. The van der Waals surface area contributed by atoms with Crippen molar-refractivity contribution in [2.75, 3.05) is 21.7 Å². The third-order valence-corrected chi connectivity index (χ3v) is 6.04. The first-order chi connectivity index (χ1) is 14.4. The Morgan fingerprint density at radius 2 is 1.30 bits per heavy atom. The number of rotatable bonds is 6. The second-order valence-corrected chi connectivity index (χ2v) is 8.63. The highest BCUT2D eigenvalue weighted by Crippen LogP contribution is 2.21. The molecular formula is C22H21N3O4S. The first kappa shape index (κ1) is 21.1. The molecule has 3 aromatic carbocycles. The summed E-state index contributed by atoms with van der Waals surface area (Å²) >= 11 is 0. The molecule has 154 valence electrons. The molecule has 3 amide bonds. The topological polar surface area (TPSA) is 104 Å². The number of urea groups is 1. The number of anilines is 3. The monoisotopic (exact) mass is 423 g/mol. The van der Waals surface area contributed by atoms with E-state index in [1.165, 1.54) is 19.1 Å². The van der Waals surface area contributed by atoms with Crippen molar-refractivity contribution in [3.8, 4) is 0 Å². The van der Waals surface area contributed by atoms with Crippen LogP contribution in [0, 0.1) is 0 Å². The SMILES string of the molecule is CCS(=O)(=O)c1ccccc1C(=O)Nc1cccc(NC(=O)Nc2ccccc2)c1. The number of hydrogen-bond acceptors (Lipinski definition) is 4. The van der Waals surface area contributed by atoms with E-state index in [0.717, 1.165) is 0 Å². The van der Waals surface area contributed by atoms with Gasteiger partial charge in [-0.25, -0.2) is 13.2 Å². The van der Waals surface area contributed by atoms with E-state index < -0.39 is 21.8 Å². The van der Waals surface area contributed by atoms with Crippen molar-refractivity contribution in [1.29, 1.82) is 0 Å². The molecule has 0 fully saturated rings. The number of hydrogen-bond donors (Lipinski definition) is 3. The number of para-hydroxylation sites is 1. The Morgan fingerprint density at radius 3 is 2.00 bits per heavy atom. The van der Waals surface area contributed by atoms with Crippen molar-refractivity contribution in [3.05, 3.63) is 84.4 Å². The summed E-state index contributed by atoms with van der Waals surface area (Å²) in [5.41, 5.74) is 1.60. The summed E-state index contributed by atoms with van der Waals surface area (Å²) in [5, 5.41) is 8.08. The number of carbonyl (C=O) groups excluding carboxylic acids is 2. The zero-order chi connectivity index (χ0) is 21.6. The Bertz CT molecular complexity index is 1160. The second kappa shape index (κ2) is 9.23. The van der Waals surface area contributed by atoms with Crippen molar-refractivity contribution in [3.63, 3.8) is 0 Å². The molecule has 0 saturated carbocycles. The molecular weight excluding hydrogens is 402 g/mol. The summed E-state index contributed by atoms with van der Waals surface area (Å²) in [5.74, 6) is -0.652. The third-order valence-electron chi connectivity index (χ3n) is 4.26. The second-order valence-electron chi connectivity index (χ2n) is 6.38. The van der Waals surface area contributed by atoms with E-state index in [2.05, 4.69) is 16.0 Å². The van der Waals surface area contributed by atoms with E-state index in [4.69, 9.17) is 0 Å². The summed E-state index contributed by atoms with van der Waals surface area (Å²) < 4.78 is 24.5. The molecule has 7 nitrogen and oxygen atoms in total. The number of sulfone groups is 1. The maximum atomic E-state index is 12.7. The predicted molar refractivity (Wildman–Crippen MR) is 118 cm³/mol. The van der Waals surface area contributed by atoms with E-state index >= 15 is 0 Å². The van der Waals surface area contributed by atoms with Crippen LogP contribution in [-0.2, 0) is 9.84 Å². The van der Waals surface area contributed by atoms with Gasteiger partial charge in [0, 0.05) is 17.1 Å². The van der Waals surface area contributed by atoms with Gasteiger partial charge in [-0.2, -0.15) is 0 Å². The van der Waals surface area contributed by atoms with Gasteiger partial charge in [0.25, 0.3) is 5.91 Å². The Hall–Kier alpha value is -3.65. The summed E-state index contributed by atoms with van der Waals surface area (Å²) in [6.07, 6.45) is 0. The standard InChI is InChI=1S/C22H21N3O4S/c1-2-30(28,29)20-14-7-6-13-19(20)21(26)23-17-11-8-12-18(15-17)25-22(27)24-16-9-4-3-5-10-16/h3-15H,2H2,1H3,(H,23,26)(H2,24,25,27). The normalized spacial score (nSPS) is 10.8. The van der Waals surface area contributed by atoms with Crippen LogP contribution in [-0.4, -0.2) is 26.1 Å². The van der Waals surface area contributed by atoms with Gasteiger partial charge in [0.1, 0.15) is 0 Å². The molecule has 0 radical (unpaired) electrons. The van der Waals surface area contributed by atoms with E-state index in [0.29, 0.717) is 17.1 Å². The lowest BCUT2D eigenvalue weighted by Gasteiger charge is -2.12. The maximum Gasteiger partial charge on any atom is 0.323 e. The smallest absolute Gasteiger partial charge is 0.322 e. The van der Waals surface area contributed by atoms with Crippen LogP contribution in [0.1, 0.15) is 17.3 Å². The third kappa shape index (κ3) is 5.24. The lowest BCUT2D eigenvalue weighted by molar-refractivity contribution is 0.102. The van der Waals surface area contributed by atoms with Gasteiger partial charge in [0.15, 0.2) is 9.84 Å². The lowest BCUT2D eigenvalue weighted by Crippen LogP contribution is -2.20. The highest BCUT2D eigenvalue weighted by Gasteiger charge is 2.20. The van der Waals surface area contributed by atoms with Crippen LogP contribution in [0.2, 0.25) is 0 Å². The first-order valence-corrected chi connectivity index (χ1v) is 10.9. The van der Waals surface area contributed by atoms with E-state index in [9.17, 15) is 18.0 Å². The molecule has 3 aromatic rings. The molecule has 3 rings (SSSR count). The van der Waals surface area contributed by atoms with Crippen LogP contribution >= 0.6 is 0 Å². The van der Waals surface area contributed by atoms with Gasteiger partial charge < -0.3 is 16.0 Å². The van der Waals surface area contributed by atoms with Crippen molar-refractivity contribution in [2.45, 2.75) is 11.8 Å². The number of nitrogens with one attached hydrogen (secondary N) is 3. The zero-order valence-corrected chi connectivity index (χ0v) is 17.1. The van der Waals surface area contributed by atoms with Gasteiger partial charge in [-0.3, -0.25) is 4.79 Å². The van der Waals surface area contributed by atoms with E-state index in [-0.39, 0.29) is 16.2 Å². The van der Waals surface area contributed by atoms with Crippen LogP contribution in [0.3, 0.4) is 0 Å². The molecule has 0 spiro atoms. The summed E-state index contributed by atoms with van der Waals surface area (Å²) in [4.78, 5) is 24.8. The van der Waals surface area contributed by atoms with Gasteiger partial charge in [0.2, 0.25) is 0 Å². The molecule has 8 heteroatoms. The largest absolute Gasteiger partial charge is 0.323 e. The minimum atomic E-state index is -3.55. The molecule has 0 aliphatic carbocycles. The Balaban J connectivity index is 1.73. The molecule has 30 heavy (non-hydrogen) atoms. The predicted octanol–water partition coefficient (Wildman–Crippen LogP) is 4.38. The number of carbonyl (C=O) groups is 2. The van der Waals surface area contributed by atoms with Crippen molar-refractivity contribution in [1.82, 2.24) is 0 Å². The van der Waals surface area contributed by atoms with Gasteiger partial charge in [-0.15, -0.1) is 0 Å². The molecule has 0 atom stereocenters. The Labute approximate surface area is 175 Å².